The van der Waals surface area contributed by atoms with E-state index in [4.69, 9.17) is 9.72 Å². The zero-order valence-electron chi connectivity index (χ0n) is 20.5. The Bertz CT molecular complexity index is 1330. The van der Waals surface area contributed by atoms with Crippen molar-refractivity contribution in [1.29, 1.82) is 0 Å². The fourth-order valence-corrected chi connectivity index (χ4v) is 5.00. The Kier molecular flexibility index (Phi) is 5.86. The quantitative estimate of drug-likeness (QED) is 0.535. The van der Waals surface area contributed by atoms with Crippen LogP contribution in [0.15, 0.2) is 54.7 Å². The zero-order chi connectivity index (χ0) is 24.6. The van der Waals surface area contributed by atoms with Crippen molar-refractivity contribution >= 4 is 28.7 Å². The second-order valence-corrected chi connectivity index (χ2v) is 9.50. The van der Waals surface area contributed by atoms with Crippen molar-refractivity contribution in [3.8, 4) is 11.3 Å². The van der Waals surface area contributed by atoms with Crippen LogP contribution in [0.2, 0.25) is 0 Å². The van der Waals surface area contributed by atoms with E-state index in [9.17, 15) is 4.79 Å². The smallest absolute Gasteiger partial charge is 0.258 e. The van der Waals surface area contributed by atoms with Gasteiger partial charge in [-0.05, 0) is 43.7 Å². The highest BCUT2D eigenvalue weighted by molar-refractivity contribution is 6.32. The van der Waals surface area contributed by atoms with Gasteiger partial charge in [-0.15, -0.1) is 0 Å². The van der Waals surface area contributed by atoms with Crippen LogP contribution < -0.4 is 15.5 Å². The number of amides is 1. The van der Waals surface area contributed by atoms with Gasteiger partial charge in [-0.25, -0.2) is 4.98 Å². The SMILES string of the molecule is CC(Nc1ccc(N2CCN(C3COC3)CC2)nc1)=C1C(=O)Nc2cnc(-c3cnccc3C)cc21. The molecule has 2 N–H and O–H groups in total. The van der Waals surface area contributed by atoms with E-state index >= 15 is 0 Å². The van der Waals surface area contributed by atoms with Crippen molar-refractivity contribution in [2.75, 3.05) is 54.9 Å². The van der Waals surface area contributed by atoms with Crippen LogP contribution in [0.25, 0.3) is 16.8 Å². The van der Waals surface area contributed by atoms with Gasteiger partial charge in [-0.1, -0.05) is 0 Å². The first kappa shape index (κ1) is 22.6. The second kappa shape index (κ2) is 9.33. The number of hydrogen-bond acceptors (Lipinski definition) is 8. The third kappa shape index (κ3) is 4.20. The number of allylic oxidation sites excluding steroid dienone is 1. The molecule has 0 atom stereocenters. The van der Waals surface area contributed by atoms with Crippen molar-refractivity contribution in [1.82, 2.24) is 19.9 Å². The monoisotopic (exact) mass is 483 g/mol. The molecule has 0 bridgehead atoms. The molecule has 184 valence electrons. The average Bonchev–Trinajstić information content (AvgIpc) is 3.19. The highest BCUT2D eigenvalue weighted by Gasteiger charge is 2.30. The van der Waals surface area contributed by atoms with Crippen LogP contribution in [-0.2, 0) is 9.53 Å². The van der Waals surface area contributed by atoms with E-state index in [2.05, 4.69) is 30.4 Å². The summed E-state index contributed by atoms with van der Waals surface area (Å²) in [6, 6.07) is 8.55. The van der Waals surface area contributed by atoms with E-state index in [-0.39, 0.29) is 5.91 Å². The summed E-state index contributed by atoms with van der Waals surface area (Å²) in [5.41, 5.74) is 6.57. The van der Waals surface area contributed by atoms with Crippen LogP contribution >= 0.6 is 0 Å². The van der Waals surface area contributed by atoms with Gasteiger partial charge in [0.1, 0.15) is 5.82 Å². The molecule has 3 aromatic heterocycles. The molecule has 0 saturated carbocycles. The van der Waals surface area contributed by atoms with Gasteiger partial charge in [0.25, 0.3) is 5.91 Å². The van der Waals surface area contributed by atoms with Crippen LogP contribution in [0.5, 0.6) is 0 Å². The van der Waals surface area contributed by atoms with Gasteiger partial charge in [0, 0.05) is 55.4 Å². The van der Waals surface area contributed by atoms with Gasteiger partial charge in [-0.2, -0.15) is 0 Å². The van der Waals surface area contributed by atoms with Crippen LogP contribution in [0, 0.1) is 6.92 Å². The molecule has 3 aliphatic rings. The van der Waals surface area contributed by atoms with Gasteiger partial charge >= 0.3 is 0 Å². The van der Waals surface area contributed by atoms with Gasteiger partial charge in [0.15, 0.2) is 0 Å². The number of pyridine rings is 3. The number of fused-ring (bicyclic) bond motifs is 1. The summed E-state index contributed by atoms with van der Waals surface area (Å²) >= 11 is 0. The molecule has 6 heterocycles. The number of anilines is 3. The molecule has 0 spiro atoms. The van der Waals surface area contributed by atoms with E-state index in [1.807, 2.05) is 44.3 Å². The standard InChI is InChI=1S/C27H29N7O2/c1-17-5-6-28-13-22(17)23-11-21-24(14-29-23)32-27(35)26(21)18(2)31-19-3-4-25(30-12-19)34-9-7-33(8-10-34)20-15-36-16-20/h3-6,11-14,20,31H,7-10,15-16H2,1-2H3,(H,32,35). The first-order valence-corrected chi connectivity index (χ1v) is 12.3. The molecule has 0 unspecified atom stereocenters. The molecule has 0 radical (unpaired) electrons. The Labute approximate surface area is 210 Å². The van der Waals surface area contributed by atoms with Crippen molar-refractivity contribution in [3.05, 3.63) is 65.9 Å². The summed E-state index contributed by atoms with van der Waals surface area (Å²) in [7, 11) is 0. The number of hydrogen-bond donors (Lipinski definition) is 2. The molecule has 1 amide bonds. The Morgan fingerprint density at radius 3 is 2.58 bits per heavy atom. The Balaban J connectivity index is 1.19. The Morgan fingerprint density at radius 2 is 1.89 bits per heavy atom. The molecule has 3 aliphatic heterocycles. The molecule has 36 heavy (non-hydrogen) atoms. The van der Waals surface area contributed by atoms with E-state index in [1.54, 1.807) is 18.6 Å². The minimum Gasteiger partial charge on any atom is -0.378 e. The van der Waals surface area contributed by atoms with Crippen molar-refractivity contribution in [2.45, 2.75) is 19.9 Å². The molecular formula is C27H29N7O2. The van der Waals surface area contributed by atoms with Crippen molar-refractivity contribution in [3.63, 3.8) is 0 Å². The molecule has 2 fully saturated rings. The summed E-state index contributed by atoms with van der Waals surface area (Å²) in [6.07, 6.45) is 7.11. The van der Waals surface area contributed by atoms with Crippen molar-refractivity contribution in [2.24, 2.45) is 0 Å². The lowest BCUT2D eigenvalue weighted by atomic mass is 10.0. The Hall–Kier alpha value is -3.82. The molecule has 0 aliphatic carbocycles. The van der Waals surface area contributed by atoms with Gasteiger partial charge in [-0.3, -0.25) is 19.7 Å². The largest absolute Gasteiger partial charge is 0.378 e. The van der Waals surface area contributed by atoms with Gasteiger partial charge in [0.2, 0.25) is 0 Å². The lowest BCUT2D eigenvalue weighted by Gasteiger charge is -2.42. The second-order valence-electron chi connectivity index (χ2n) is 9.50. The van der Waals surface area contributed by atoms with Crippen LogP contribution in [-0.4, -0.2) is 71.2 Å². The topological polar surface area (TPSA) is 95.5 Å². The first-order chi connectivity index (χ1) is 17.6. The van der Waals surface area contributed by atoms with Crippen LogP contribution in [0.3, 0.4) is 0 Å². The lowest BCUT2D eigenvalue weighted by molar-refractivity contribution is -0.110. The molecule has 0 aromatic carbocycles. The number of aryl methyl sites for hydroxylation is 1. The molecule has 3 aromatic rings. The molecular weight excluding hydrogens is 454 g/mol. The number of aromatic nitrogens is 3. The number of carbonyl (C=O) groups is 1. The van der Waals surface area contributed by atoms with E-state index < -0.39 is 0 Å². The number of nitrogens with zero attached hydrogens (tertiary/aromatic N) is 5. The summed E-state index contributed by atoms with van der Waals surface area (Å²) in [5.74, 6) is 0.832. The molecule has 6 rings (SSSR count). The predicted octanol–water partition coefficient (Wildman–Crippen LogP) is 3.16. The third-order valence-corrected chi connectivity index (χ3v) is 7.19. The maximum absolute atomic E-state index is 12.9. The number of rotatable bonds is 5. The highest BCUT2D eigenvalue weighted by atomic mass is 16.5. The van der Waals surface area contributed by atoms with E-state index in [0.717, 1.165) is 79.0 Å². The molecule has 2 saturated heterocycles. The summed E-state index contributed by atoms with van der Waals surface area (Å²) in [4.78, 5) is 31.2. The number of nitrogens with one attached hydrogen (secondary N) is 2. The maximum atomic E-state index is 12.9. The zero-order valence-corrected chi connectivity index (χ0v) is 20.5. The number of carbonyl (C=O) groups excluding carboxylic acids is 1. The lowest BCUT2D eigenvalue weighted by Crippen LogP contribution is -2.56. The average molecular weight is 484 g/mol. The minimum absolute atomic E-state index is 0.142. The predicted molar refractivity (Wildman–Crippen MR) is 140 cm³/mol. The normalized spacial score (nSPS) is 19.5. The highest BCUT2D eigenvalue weighted by Crippen LogP contribution is 2.36. The van der Waals surface area contributed by atoms with Crippen LogP contribution in [0.1, 0.15) is 18.1 Å². The van der Waals surface area contributed by atoms with Gasteiger partial charge < -0.3 is 20.3 Å². The molecule has 9 nitrogen and oxygen atoms in total. The Morgan fingerprint density at radius 1 is 1.06 bits per heavy atom. The fourth-order valence-electron chi connectivity index (χ4n) is 5.00. The van der Waals surface area contributed by atoms with E-state index in [1.165, 1.54) is 0 Å². The van der Waals surface area contributed by atoms with Gasteiger partial charge in [0.05, 0.1) is 54.3 Å². The van der Waals surface area contributed by atoms with E-state index in [0.29, 0.717) is 17.3 Å². The summed E-state index contributed by atoms with van der Waals surface area (Å²) < 4.78 is 5.33. The summed E-state index contributed by atoms with van der Waals surface area (Å²) in [6.45, 7) is 9.64. The first-order valence-electron chi connectivity index (χ1n) is 12.3. The number of piperazine rings is 1. The third-order valence-electron chi connectivity index (χ3n) is 7.19. The summed E-state index contributed by atoms with van der Waals surface area (Å²) in [5, 5.41) is 6.31. The minimum atomic E-state index is -0.142. The number of ether oxygens (including phenoxy) is 1. The van der Waals surface area contributed by atoms with Crippen molar-refractivity contribution < 1.29 is 9.53 Å². The fraction of sp³-hybridized carbons (Fsp3) is 0.333. The van der Waals surface area contributed by atoms with Crippen LogP contribution in [0.4, 0.5) is 17.2 Å². The maximum Gasteiger partial charge on any atom is 0.258 e. The molecule has 9 heteroatoms.